The first-order chi connectivity index (χ1) is 14.9. The van der Waals surface area contributed by atoms with Gasteiger partial charge in [0, 0.05) is 48.0 Å². The number of para-hydroxylation sites is 1. The van der Waals surface area contributed by atoms with Crippen LogP contribution in [0.15, 0.2) is 53.6 Å². The second kappa shape index (κ2) is 8.47. The van der Waals surface area contributed by atoms with Gasteiger partial charge < -0.3 is 5.21 Å². The fourth-order valence-electron chi connectivity index (χ4n) is 3.66. The lowest BCUT2D eigenvalue weighted by Gasteiger charge is -2.15. The Bertz CT molecular complexity index is 1080. The van der Waals surface area contributed by atoms with E-state index in [1.165, 1.54) is 4.90 Å². The molecule has 0 bridgehead atoms. The SMILES string of the molecule is O=C1CCC(=O)N1Cc1ccccc1N=[N+]([O-])c1ccccc1CN1C(=O)CCC1=O. The van der Waals surface area contributed by atoms with E-state index in [1.54, 1.807) is 48.5 Å². The first-order valence-electron chi connectivity index (χ1n) is 9.95. The predicted molar refractivity (Wildman–Crippen MR) is 108 cm³/mol. The van der Waals surface area contributed by atoms with E-state index in [0.29, 0.717) is 21.7 Å². The number of azo groups is 1. The van der Waals surface area contributed by atoms with Crippen LogP contribution in [0.25, 0.3) is 0 Å². The van der Waals surface area contributed by atoms with Crippen LogP contribution in [0.5, 0.6) is 0 Å². The molecule has 0 radical (unpaired) electrons. The quantitative estimate of drug-likeness (QED) is 0.309. The zero-order valence-electron chi connectivity index (χ0n) is 16.7. The van der Waals surface area contributed by atoms with Crippen molar-refractivity contribution in [2.24, 2.45) is 5.11 Å². The average molecular weight is 420 g/mol. The van der Waals surface area contributed by atoms with Gasteiger partial charge in [0.15, 0.2) is 0 Å². The second-order valence-electron chi connectivity index (χ2n) is 7.38. The van der Waals surface area contributed by atoms with Gasteiger partial charge in [-0.05, 0) is 10.9 Å². The standard InChI is InChI=1S/C22H20N4O5/c27-19-9-10-20(28)24(19)13-15-5-1-3-7-17(15)23-26(31)18-8-4-2-6-16(18)14-25-21(29)11-12-22(25)30/h1-8H,9-14H2. The van der Waals surface area contributed by atoms with Crippen molar-refractivity contribution < 1.29 is 24.0 Å². The summed E-state index contributed by atoms with van der Waals surface area (Å²) in [5.74, 6) is -1.02. The van der Waals surface area contributed by atoms with E-state index in [1.807, 2.05) is 0 Å². The van der Waals surface area contributed by atoms with Gasteiger partial charge in [0.05, 0.1) is 13.1 Å². The van der Waals surface area contributed by atoms with Crippen molar-refractivity contribution in [3.8, 4) is 0 Å². The summed E-state index contributed by atoms with van der Waals surface area (Å²) in [6, 6.07) is 13.4. The Morgan fingerprint density at radius 2 is 1.16 bits per heavy atom. The van der Waals surface area contributed by atoms with Gasteiger partial charge >= 0.3 is 0 Å². The third-order valence-corrected chi connectivity index (χ3v) is 5.35. The number of amides is 4. The van der Waals surface area contributed by atoms with E-state index in [9.17, 15) is 24.4 Å². The maximum absolute atomic E-state index is 12.9. The molecule has 2 heterocycles. The van der Waals surface area contributed by atoms with Gasteiger partial charge in [-0.2, -0.15) is 0 Å². The molecule has 0 N–H and O–H groups in total. The normalized spacial score (nSPS) is 17.2. The van der Waals surface area contributed by atoms with Crippen LogP contribution in [-0.4, -0.2) is 38.3 Å². The highest BCUT2D eigenvalue weighted by Gasteiger charge is 2.31. The molecule has 2 aromatic rings. The first-order valence-corrected chi connectivity index (χ1v) is 9.95. The van der Waals surface area contributed by atoms with E-state index in [0.717, 1.165) is 4.90 Å². The molecule has 2 saturated heterocycles. The molecule has 2 fully saturated rings. The molecule has 4 rings (SSSR count). The summed E-state index contributed by atoms with van der Waals surface area (Å²) >= 11 is 0. The minimum Gasteiger partial charge on any atom is -0.594 e. The number of rotatable bonds is 6. The van der Waals surface area contributed by atoms with E-state index in [4.69, 9.17) is 0 Å². The Hall–Kier alpha value is -3.88. The van der Waals surface area contributed by atoms with Crippen LogP contribution in [-0.2, 0) is 32.3 Å². The van der Waals surface area contributed by atoms with Crippen LogP contribution >= 0.6 is 0 Å². The molecule has 9 nitrogen and oxygen atoms in total. The van der Waals surface area contributed by atoms with E-state index < -0.39 is 0 Å². The molecule has 2 aliphatic rings. The van der Waals surface area contributed by atoms with Crippen molar-refractivity contribution in [1.82, 2.24) is 9.80 Å². The summed E-state index contributed by atoms with van der Waals surface area (Å²) in [6.45, 7) is 0.0458. The Morgan fingerprint density at radius 1 is 0.710 bits per heavy atom. The molecule has 31 heavy (non-hydrogen) atoms. The number of likely N-dealkylation sites (tertiary alicyclic amines) is 2. The van der Waals surface area contributed by atoms with Crippen LogP contribution in [0.4, 0.5) is 11.4 Å². The summed E-state index contributed by atoms with van der Waals surface area (Å²) in [4.78, 5) is 50.6. The van der Waals surface area contributed by atoms with Gasteiger partial charge in [0.2, 0.25) is 29.3 Å². The number of carbonyl (C=O) groups excluding carboxylic acids is 4. The zero-order chi connectivity index (χ0) is 22.0. The van der Waals surface area contributed by atoms with E-state index >= 15 is 0 Å². The number of carbonyl (C=O) groups is 4. The molecule has 0 unspecified atom stereocenters. The van der Waals surface area contributed by atoms with Crippen molar-refractivity contribution in [2.75, 3.05) is 0 Å². The molecule has 0 aromatic heterocycles. The lowest BCUT2D eigenvalue weighted by Crippen LogP contribution is -2.28. The van der Waals surface area contributed by atoms with Crippen molar-refractivity contribution >= 4 is 35.0 Å². The van der Waals surface area contributed by atoms with Gasteiger partial charge in [-0.1, -0.05) is 36.4 Å². The third kappa shape index (κ3) is 4.20. The van der Waals surface area contributed by atoms with Gasteiger partial charge in [-0.15, -0.1) is 0 Å². The van der Waals surface area contributed by atoms with Crippen LogP contribution in [0.3, 0.4) is 0 Å². The molecule has 158 valence electrons. The highest BCUT2D eigenvalue weighted by Crippen LogP contribution is 2.28. The zero-order valence-corrected chi connectivity index (χ0v) is 16.7. The number of imide groups is 2. The van der Waals surface area contributed by atoms with E-state index in [2.05, 4.69) is 5.11 Å². The first kappa shape index (κ1) is 20.4. The van der Waals surface area contributed by atoms with Gasteiger partial charge in [0.1, 0.15) is 5.69 Å². The van der Waals surface area contributed by atoms with Crippen LogP contribution in [0.2, 0.25) is 0 Å². The second-order valence-corrected chi connectivity index (χ2v) is 7.38. The molecular weight excluding hydrogens is 400 g/mol. The molecule has 2 aromatic carbocycles. The van der Waals surface area contributed by atoms with Crippen molar-refractivity contribution in [1.29, 1.82) is 0 Å². The van der Waals surface area contributed by atoms with Gasteiger partial charge in [0.25, 0.3) is 0 Å². The smallest absolute Gasteiger partial charge is 0.249 e. The molecule has 0 saturated carbocycles. The summed E-state index contributed by atoms with van der Waals surface area (Å²) < 4.78 is 0. The van der Waals surface area contributed by atoms with Gasteiger partial charge in [-0.25, -0.2) is 0 Å². The van der Waals surface area contributed by atoms with Crippen molar-refractivity contribution in [2.45, 2.75) is 38.8 Å². The Kier molecular flexibility index (Phi) is 5.57. The summed E-state index contributed by atoms with van der Waals surface area (Å²) in [5, 5.41) is 17.0. The molecule has 2 aliphatic heterocycles. The fourth-order valence-corrected chi connectivity index (χ4v) is 3.66. The maximum Gasteiger partial charge on any atom is 0.249 e. The highest BCUT2D eigenvalue weighted by molar-refractivity contribution is 6.02. The summed E-state index contributed by atoms with van der Waals surface area (Å²) in [7, 11) is 0. The van der Waals surface area contributed by atoms with Crippen molar-refractivity contribution in [3.05, 3.63) is 64.9 Å². The van der Waals surface area contributed by atoms with Crippen LogP contribution in [0, 0.1) is 5.21 Å². The largest absolute Gasteiger partial charge is 0.594 e. The summed E-state index contributed by atoms with van der Waals surface area (Å²) in [6.07, 6.45) is 0.724. The van der Waals surface area contributed by atoms with Crippen LogP contribution < -0.4 is 0 Å². The molecule has 4 amide bonds. The van der Waals surface area contributed by atoms with Crippen LogP contribution in [0.1, 0.15) is 36.8 Å². The third-order valence-electron chi connectivity index (χ3n) is 5.35. The number of nitrogens with zero attached hydrogens (tertiary/aromatic N) is 4. The Morgan fingerprint density at radius 3 is 1.74 bits per heavy atom. The molecule has 9 heteroatoms. The lowest BCUT2D eigenvalue weighted by molar-refractivity contribution is -0.436. The minimum absolute atomic E-state index is 0.000524. The van der Waals surface area contributed by atoms with Gasteiger partial charge in [-0.3, -0.25) is 29.0 Å². The van der Waals surface area contributed by atoms with E-state index in [-0.39, 0.29) is 68.1 Å². The molecule has 0 spiro atoms. The molecule has 0 atom stereocenters. The summed E-state index contributed by atoms with van der Waals surface area (Å²) in [5.41, 5.74) is 1.59. The number of hydrogen-bond acceptors (Lipinski definition) is 6. The lowest BCUT2D eigenvalue weighted by atomic mass is 10.1. The highest BCUT2D eigenvalue weighted by atomic mass is 16.5. The molecule has 0 aliphatic carbocycles. The topological polar surface area (TPSA) is 113 Å². The molecular formula is C22H20N4O5. The average Bonchev–Trinajstić information content (AvgIpc) is 3.25. The monoisotopic (exact) mass is 420 g/mol. The minimum atomic E-state index is -0.264. The Labute approximate surface area is 178 Å². The number of benzene rings is 2. The van der Waals surface area contributed by atoms with Crippen molar-refractivity contribution in [3.63, 3.8) is 0 Å². The fraction of sp³-hybridized carbons (Fsp3) is 0.273. The Balaban J connectivity index is 1.62. The maximum atomic E-state index is 12.9. The predicted octanol–water partition coefficient (Wildman–Crippen LogP) is 2.91. The number of hydrogen-bond donors (Lipinski definition) is 0.